The Bertz CT molecular complexity index is 763. The third-order valence-electron chi connectivity index (χ3n) is 5.29. The molecule has 0 radical (unpaired) electrons. The van der Waals surface area contributed by atoms with Crippen molar-refractivity contribution in [1.82, 2.24) is 9.80 Å². The molecule has 2 aromatic heterocycles. The van der Waals surface area contributed by atoms with Gasteiger partial charge in [0.05, 0.1) is 17.3 Å². The minimum Gasteiger partial charge on any atom is -0.338 e. The molecule has 138 valence electrons. The van der Waals surface area contributed by atoms with Crippen LogP contribution in [0, 0.1) is 0 Å². The van der Waals surface area contributed by atoms with Gasteiger partial charge in [-0.05, 0) is 55.7 Å². The molecule has 0 N–H and O–H groups in total. The van der Waals surface area contributed by atoms with E-state index in [-0.39, 0.29) is 17.9 Å². The van der Waals surface area contributed by atoms with E-state index in [1.807, 2.05) is 33.4 Å². The van der Waals surface area contributed by atoms with Crippen molar-refractivity contribution in [3.63, 3.8) is 0 Å². The number of amides is 2. The molecule has 1 unspecified atom stereocenters. The molecule has 6 heteroatoms. The van der Waals surface area contributed by atoms with Gasteiger partial charge in [-0.15, -0.1) is 22.7 Å². The van der Waals surface area contributed by atoms with Crippen LogP contribution in [0.3, 0.4) is 0 Å². The highest BCUT2D eigenvalue weighted by atomic mass is 32.1. The third-order valence-corrected chi connectivity index (χ3v) is 7.34. The molecule has 0 bridgehead atoms. The van der Waals surface area contributed by atoms with Crippen LogP contribution < -0.4 is 0 Å². The summed E-state index contributed by atoms with van der Waals surface area (Å²) in [6.07, 6.45) is 5.96. The van der Waals surface area contributed by atoms with Crippen LogP contribution in [0.4, 0.5) is 0 Å². The number of piperidine rings is 1. The first kappa shape index (κ1) is 17.7. The Labute approximate surface area is 162 Å². The molecule has 0 aliphatic carbocycles. The Morgan fingerprint density at radius 1 is 1.04 bits per heavy atom. The van der Waals surface area contributed by atoms with Crippen LogP contribution in [0.5, 0.6) is 0 Å². The number of rotatable bonds is 4. The maximum atomic E-state index is 12.7. The van der Waals surface area contributed by atoms with Gasteiger partial charge in [-0.25, -0.2) is 0 Å². The van der Waals surface area contributed by atoms with Gasteiger partial charge in [0.2, 0.25) is 5.91 Å². The highest BCUT2D eigenvalue weighted by Crippen LogP contribution is 2.37. The Kier molecular flexibility index (Phi) is 5.41. The highest BCUT2D eigenvalue weighted by molar-refractivity contribution is 7.14. The Morgan fingerprint density at radius 2 is 1.88 bits per heavy atom. The average molecular weight is 389 g/mol. The summed E-state index contributed by atoms with van der Waals surface area (Å²) in [7, 11) is 0. The van der Waals surface area contributed by atoms with E-state index in [0.717, 1.165) is 59.9 Å². The van der Waals surface area contributed by atoms with Gasteiger partial charge in [0.1, 0.15) is 0 Å². The van der Waals surface area contributed by atoms with Gasteiger partial charge in [0.15, 0.2) is 0 Å². The molecule has 1 atom stereocenters. The highest BCUT2D eigenvalue weighted by Gasteiger charge is 2.31. The van der Waals surface area contributed by atoms with E-state index in [2.05, 4.69) is 6.07 Å². The van der Waals surface area contributed by atoms with Crippen molar-refractivity contribution in [3.05, 3.63) is 44.3 Å². The van der Waals surface area contributed by atoms with E-state index >= 15 is 0 Å². The standard InChI is InChI=1S/C20H24N2O2S2/c23-19(14-15-6-5-13-25-15)22-12-4-7-16(22)17-8-9-18(26-17)20(24)21-10-2-1-3-11-21/h5-6,8-9,13,16H,1-4,7,10-12,14H2. The molecule has 2 aliphatic rings. The van der Waals surface area contributed by atoms with E-state index < -0.39 is 0 Å². The number of carbonyl (C=O) groups excluding carboxylic acids is 2. The lowest BCUT2D eigenvalue weighted by molar-refractivity contribution is -0.131. The summed E-state index contributed by atoms with van der Waals surface area (Å²) in [6.45, 7) is 2.57. The first-order valence-corrected chi connectivity index (χ1v) is 11.1. The summed E-state index contributed by atoms with van der Waals surface area (Å²) in [4.78, 5) is 32.5. The fraction of sp³-hybridized carbons (Fsp3) is 0.500. The first-order chi connectivity index (χ1) is 12.7. The molecule has 2 saturated heterocycles. The monoisotopic (exact) mass is 388 g/mol. The molecular formula is C20H24N2O2S2. The number of hydrogen-bond donors (Lipinski definition) is 0. The van der Waals surface area contributed by atoms with Crippen molar-refractivity contribution in [1.29, 1.82) is 0 Å². The van der Waals surface area contributed by atoms with E-state index in [9.17, 15) is 9.59 Å². The predicted octanol–water partition coefficient (Wildman–Crippen LogP) is 4.34. The lowest BCUT2D eigenvalue weighted by Gasteiger charge is -2.26. The zero-order valence-corrected chi connectivity index (χ0v) is 16.5. The van der Waals surface area contributed by atoms with Crippen LogP contribution in [0.1, 0.15) is 57.6 Å². The summed E-state index contributed by atoms with van der Waals surface area (Å²) in [5, 5.41) is 2.02. The van der Waals surface area contributed by atoms with Crippen LogP contribution in [0.25, 0.3) is 0 Å². The molecule has 2 aliphatic heterocycles. The van der Waals surface area contributed by atoms with Crippen LogP contribution in [0.2, 0.25) is 0 Å². The zero-order valence-electron chi connectivity index (χ0n) is 14.9. The molecule has 4 heterocycles. The minimum atomic E-state index is 0.135. The maximum absolute atomic E-state index is 12.7. The lowest BCUT2D eigenvalue weighted by Crippen LogP contribution is -2.35. The molecule has 2 aromatic rings. The number of carbonyl (C=O) groups is 2. The van der Waals surface area contributed by atoms with E-state index in [0.29, 0.717) is 6.42 Å². The van der Waals surface area contributed by atoms with E-state index in [4.69, 9.17) is 0 Å². The minimum absolute atomic E-state index is 0.135. The number of hydrogen-bond acceptors (Lipinski definition) is 4. The van der Waals surface area contributed by atoms with Gasteiger partial charge in [-0.3, -0.25) is 9.59 Å². The van der Waals surface area contributed by atoms with Gasteiger partial charge < -0.3 is 9.80 Å². The fourth-order valence-electron chi connectivity index (χ4n) is 3.92. The van der Waals surface area contributed by atoms with Crippen molar-refractivity contribution in [3.8, 4) is 0 Å². The second-order valence-corrected chi connectivity index (χ2v) is 9.20. The van der Waals surface area contributed by atoms with Crippen LogP contribution in [-0.2, 0) is 11.2 Å². The SMILES string of the molecule is O=C(c1ccc(C2CCCN2C(=O)Cc2cccs2)s1)N1CCCCC1. The molecule has 4 nitrogen and oxygen atoms in total. The van der Waals surface area contributed by atoms with Crippen LogP contribution >= 0.6 is 22.7 Å². The number of thiophene rings is 2. The molecule has 2 amide bonds. The second kappa shape index (κ2) is 7.92. The van der Waals surface area contributed by atoms with Crippen molar-refractivity contribution in [2.45, 2.75) is 44.6 Å². The zero-order chi connectivity index (χ0) is 17.9. The topological polar surface area (TPSA) is 40.6 Å². The summed E-state index contributed by atoms with van der Waals surface area (Å²) >= 11 is 3.21. The number of likely N-dealkylation sites (tertiary alicyclic amines) is 2. The van der Waals surface area contributed by atoms with Crippen molar-refractivity contribution in [2.75, 3.05) is 19.6 Å². The van der Waals surface area contributed by atoms with Crippen molar-refractivity contribution < 1.29 is 9.59 Å². The second-order valence-electron chi connectivity index (χ2n) is 7.06. The fourth-order valence-corrected chi connectivity index (χ4v) is 5.74. The normalized spacial score (nSPS) is 20.5. The molecule has 2 fully saturated rings. The predicted molar refractivity (Wildman–Crippen MR) is 106 cm³/mol. The summed E-state index contributed by atoms with van der Waals surface area (Å²) in [5.41, 5.74) is 0. The molecular weight excluding hydrogens is 364 g/mol. The molecule has 0 spiro atoms. The van der Waals surface area contributed by atoms with Gasteiger partial charge in [-0.2, -0.15) is 0 Å². The molecule has 26 heavy (non-hydrogen) atoms. The quantitative estimate of drug-likeness (QED) is 0.782. The Hall–Kier alpha value is -1.66. The van der Waals surface area contributed by atoms with Gasteiger partial charge >= 0.3 is 0 Å². The van der Waals surface area contributed by atoms with E-state index in [1.54, 1.807) is 22.7 Å². The van der Waals surface area contributed by atoms with Gasteiger partial charge in [-0.1, -0.05) is 6.07 Å². The van der Waals surface area contributed by atoms with Crippen molar-refractivity contribution >= 4 is 34.5 Å². The Balaban J connectivity index is 1.45. The van der Waals surface area contributed by atoms with Gasteiger partial charge in [0, 0.05) is 29.4 Å². The van der Waals surface area contributed by atoms with Crippen LogP contribution in [-0.4, -0.2) is 41.2 Å². The third kappa shape index (κ3) is 3.71. The Morgan fingerprint density at radius 3 is 2.65 bits per heavy atom. The molecule has 0 saturated carbocycles. The van der Waals surface area contributed by atoms with Gasteiger partial charge in [0.25, 0.3) is 5.91 Å². The average Bonchev–Trinajstić information content (AvgIpc) is 3.41. The maximum Gasteiger partial charge on any atom is 0.263 e. The molecule has 4 rings (SSSR count). The largest absolute Gasteiger partial charge is 0.338 e. The molecule has 0 aromatic carbocycles. The smallest absolute Gasteiger partial charge is 0.263 e. The number of nitrogens with zero attached hydrogens (tertiary/aromatic N) is 2. The van der Waals surface area contributed by atoms with E-state index in [1.165, 1.54) is 6.42 Å². The van der Waals surface area contributed by atoms with Crippen LogP contribution in [0.15, 0.2) is 29.6 Å². The first-order valence-electron chi connectivity index (χ1n) is 9.43. The summed E-state index contributed by atoms with van der Waals surface area (Å²) in [5.74, 6) is 0.364. The summed E-state index contributed by atoms with van der Waals surface area (Å²) in [6, 6.07) is 8.16. The van der Waals surface area contributed by atoms with Crippen molar-refractivity contribution in [2.24, 2.45) is 0 Å². The lowest BCUT2D eigenvalue weighted by atomic mass is 10.1. The summed E-state index contributed by atoms with van der Waals surface area (Å²) < 4.78 is 0.